The topological polar surface area (TPSA) is 209 Å². The standard InChI is InChI=1S/C33H26F3N3O9/c34-33(35,36)48-19-7-5-18(6-8-19)39-31(46)38-17-3-1-14(2-4-17)20-9-10-22(40)25-21(20)12-15-11-16-13-23(41)26(30(37)45)29(44)32(16,47)28(43)24(15)27(25)42/h1-10,15-16,40,42,44,47H,11-13H2,(H2,37,45)(H2,38,39,46). The number of carbonyl (C=O) groups excluding carboxylic acids is 4. The van der Waals surface area contributed by atoms with Gasteiger partial charge in [0.15, 0.2) is 11.4 Å². The molecule has 3 aromatic rings. The number of aliphatic hydroxyl groups is 3. The van der Waals surface area contributed by atoms with Gasteiger partial charge in [-0.1, -0.05) is 18.2 Å². The molecule has 8 N–H and O–H groups in total. The number of amides is 3. The zero-order valence-electron chi connectivity index (χ0n) is 24.6. The molecule has 15 heteroatoms. The maximum atomic E-state index is 13.7. The number of rotatable bonds is 5. The third kappa shape index (κ3) is 5.47. The highest BCUT2D eigenvalue weighted by Crippen LogP contribution is 2.53. The van der Waals surface area contributed by atoms with Crippen molar-refractivity contribution in [1.82, 2.24) is 0 Å². The lowest BCUT2D eigenvalue weighted by Gasteiger charge is -2.46. The number of ether oxygens (including phenoxy) is 1. The van der Waals surface area contributed by atoms with Crippen molar-refractivity contribution < 1.29 is 57.5 Å². The van der Waals surface area contributed by atoms with Crippen LogP contribution in [0.25, 0.3) is 16.9 Å². The van der Waals surface area contributed by atoms with Gasteiger partial charge in [-0.05, 0) is 77.9 Å². The third-order valence-electron chi connectivity index (χ3n) is 8.75. The Morgan fingerprint density at radius 3 is 2.08 bits per heavy atom. The molecule has 1 saturated carbocycles. The molecule has 3 aliphatic rings. The molecular formula is C33H26F3N3O9. The molecule has 12 nitrogen and oxygen atoms in total. The van der Waals surface area contributed by atoms with Gasteiger partial charge in [-0.3, -0.25) is 14.4 Å². The van der Waals surface area contributed by atoms with Crippen molar-refractivity contribution in [2.24, 2.45) is 17.6 Å². The molecular weight excluding hydrogens is 639 g/mol. The Balaban J connectivity index is 1.25. The summed E-state index contributed by atoms with van der Waals surface area (Å²) in [6, 6.07) is 13.2. The first-order valence-corrected chi connectivity index (χ1v) is 14.4. The predicted octanol–water partition coefficient (Wildman–Crippen LogP) is 4.63. The van der Waals surface area contributed by atoms with Crippen LogP contribution in [0.4, 0.5) is 29.3 Å². The van der Waals surface area contributed by atoms with Crippen LogP contribution in [-0.2, 0) is 20.8 Å². The minimum atomic E-state index is -4.85. The van der Waals surface area contributed by atoms with Crippen molar-refractivity contribution in [3.8, 4) is 22.6 Å². The molecule has 48 heavy (non-hydrogen) atoms. The Labute approximate surface area is 268 Å². The number of nitrogens with one attached hydrogen (secondary N) is 2. The molecule has 6 rings (SSSR count). The molecule has 248 valence electrons. The Morgan fingerprint density at radius 1 is 0.896 bits per heavy atom. The van der Waals surface area contributed by atoms with Crippen molar-refractivity contribution in [2.45, 2.75) is 31.2 Å². The zero-order valence-corrected chi connectivity index (χ0v) is 24.6. The molecule has 0 saturated heterocycles. The van der Waals surface area contributed by atoms with Crippen LogP contribution < -0.4 is 21.1 Å². The number of phenolic OH excluding ortho intramolecular Hbond substituents is 1. The van der Waals surface area contributed by atoms with E-state index in [2.05, 4.69) is 15.4 Å². The molecule has 0 heterocycles. The first-order chi connectivity index (χ1) is 22.6. The number of urea groups is 1. The van der Waals surface area contributed by atoms with Crippen LogP contribution in [0.1, 0.15) is 24.0 Å². The van der Waals surface area contributed by atoms with E-state index in [1.807, 2.05) is 0 Å². The first kappa shape index (κ1) is 32.1. The van der Waals surface area contributed by atoms with Gasteiger partial charge in [0.2, 0.25) is 5.78 Å². The second kappa shape index (κ2) is 11.5. The van der Waals surface area contributed by atoms with Crippen LogP contribution in [-0.4, -0.2) is 55.9 Å². The minimum Gasteiger partial charge on any atom is -0.508 e. The van der Waals surface area contributed by atoms with Crippen LogP contribution in [0.3, 0.4) is 0 Å². The predicted molar refractivity (Wildman–Crippen MR) is 163 cm³/mol. The van der Waals surface area contributed by atoms with Crippen molar-refractivity contribution in [2.75, 3.05) is 10.6 Å². The normalized spacial score (nSPS) is 22.0. The van der Waals surface area contributed by atoms with E-state index in [0.29, 0.717) is 22.4 Å². The Kier molecular flexibility index (Phi) is 7.66. The number of fused-ring (bicyclic) bond motifs is 3. The number of halogens is 3. The van der Waals surface area contributed by atoms with Gasteiger partial charge in [0.05, 0.1) is 5.56 Å². The van der Waals surface area contributed by atoms with Crippen molar-refractivity contribution in [1.29, 1.82) is 0 Å². The van der Waals surface area contributed by atoms with Gasteiger partial charge in [-0.2, -0.15) is 0 Å². The summed E-state index contributed by atoms with van der Waals surface area (Å²) in [7, 11) is 0. The summed E-state index contributed by atoms with van der Waals surface area (Å²) in [6.07, 6.45) is -5.20. The fourth-order valence-corrected chi connectivity index (χ4v) is 6.66. The van der Waals surface area contributed by atoms with Crippen LogP contribution in [0, 0.1) is 11.8 Å². The number of alkyl halides is 3. The maximum Gasteiger partial charge on any atom is 0.573 e. The van der Waals surface area contributed by atoms with E-state index in [-0.39, 0.29) is 35.4 Å². The summed E-state index contributed by atoms with van der Waals surface area (Å²) in [5, 5.41) is 49.3. The van der Waals surface area contributed by atoms with E-state index >= 15 is 0 Å². The number of ketones is 2. The molecule has 3 unspecified atom stereocenters. The second-order valence-electron chi connectivity index (χ2n) is 11.6. The van der Waals surface area contributed by atoms with E-state index in [9.17, 15) is 52.8 Å². The number of Topliss-reactive ketones (excluding diaryl/α,β-unsaturated/α-hetero) is 2. The lowest BCUT2D eigenvalue weighted by molar-refractivity contribution is -0.274. The molecule has 0 spiro atoms. The SMILES string of the molecule is NC(=O)C1=C(O)C2(O)C(=O)C3=C(O)c4c(O)ccc(-c5ccc(NC(=O)Nc6ccc(OC(F)(F)F)cc6)cc5)c4CC3CC2CC1=O. The van der Waals surface area contributed by atoms with Crippen molar-refractivity contribution in [3.63, 3.8) is 0 Å². The largest absolute Gasteiger partial charge is 0.573 e. The van der Waals surface area contributed by atoms with Gasteiger partial charge in [0.25, 0.3) is 5.91 Å². The van der Waals surface area contributed by atoms with E-state index in [1.54, 1.807) is 30.3 Å². The number of nitrogens with two attached hydrogens (primary N) is 1. The Bertz CT molecular complexity index is 1950. The van der Waals surface area contributed by atoms with Gasteiger partial charge in [0, 0.05) is 29.3 Å². The molecule has 0 bridgehead atoms. The molecule has 0 aromatic heterocycles. The van der Waals surface area contributed by atoms with E-state index in [0.717, 1.165) is 12.1 Å². The number of anilines is 2. The molecule has 0 radical (unpaired) electrons. The van der Waals surface area contributed by atoms with E-state index in [1.165, 1.54) is 18.2 Å². The highest BCUT2D eigenvalue weighted by molar-refractivity contribution is 6.22. The number of carbonyl (C=O) groups is 4. The summed E-state index contributed by atoms with van der Waals surface area (Å²) < 4.78 is 40.9. The highest BCUT2D eigenvalue weighted by atomic mass is 19.4. The summed E-state index contributed by atoms with van der Waals surface area (Å²) in [6.45, 7) is 0. The van der Waals surface area contributed by atoms with Crippen molar-refractivity contribution in [3.05, 3.63) is 88.7 Å². The smallest absolute Gasteiger partial charge is 0.508 e. The summed E-state index contributed by atoms with van der Waals surface area (Å²) in [5.74, 6) is -7.61. The lowest BCUT2D eigenvalue weighted by atomic mass is 9.59. The quantitative estimate of drug-likeness (QED) is 0.189. The summed E-state index contributed by atoms with van der Waals surface area (Å²) >= 11 is 0. The van der Waals surface area contributed by atoms with Gasteiger partial charge in [0.1, 0.15) is 28.6 Å². The van der Waals surface area contributed by atoms with E-state index < -0.39 is 76.6 Å². The van der Waals surface area contributed by atoms with Gasteiger partial charge in [-0.25, -0.2) is 4.79 Å². The Morgan fingerprint density at radius 2 is 1.50 bits per heavy atom. The fourth-order valence-electron chi connectivity index (χ4n) is 6.66. The number of hydrogen-bond acceptors (Lipinski definition) is 9. The van der Waals surface area contributed by atoms with Crippen LogP contribution in [0.2, 0.25) is 0 Å². The van der Waals surface area contributed by atoms with Gasteiger partial charge >= 0.3 is 12.4 Å². The maximum absolute atomic E-state index is 13.7. The number of aliphatic hydroxyl groups excluding tert-OH is 2. The average Bonchev–Trinajstić information content (AvgIpc) is 3.00. The molecule has 3 atom stereocenters. The van der Waals surface area contributed by atoms with Crippen LogP contribution >= 0.6 is 0 Å². The lowest BCUT2D eigenvalue weighted by Crippen LogP contribution is -2.58. The Hall–Kier alpha value is -5.83. The van der Waals surface area contributed by atoms with Crippen LogP contribution in [0.15, 0.2) is 77.6 Å². The molecule has 3 aliphatic carbocycles. The highest BCUT2D eigenvalue weighted by Gasteiger charge is 2.60. The molecule has 3 amide bonds. The van der Waals surface area contributed by atoms with E-state index in [4.69, 9.17) is 5.73 Å². The second-order valence-corrected chi connectivity index (χ2v) is 11.6. The fraction of sp³-hybridized carbons (Fsp3) is 0.212. The number of phenols is 1. The molecule has 1 fully saturated rings. The molecule has 3 aromatic carbocycles. The van der Waals surface area contributed by atoms with Gasteiger partial charge in [-0.15, -0.1) is 13.2 Å². The first-order valence-electron chi connectivity index (χ1n) is 14.4. The molecule has 0 aliphatic heterocycles. The minimum absolute atomic E-state index is 0.0198. The van der Waals surface area contributed by atoms with Gasteiger partial charge < -0.3 is 41.5 Å². The number of primary amides is 1. The summed E-state index contributed by atoms with van der Waals surface area (Å²) in [4.78, 5) is 50.6. The number of aromatic hydroxyl groups is 1. The van der Waals surface area contributed by atoms with Crippen molar-refractivity contribution >= 4 is 40.6 Å². The third-order valence-corrected chi connectivity index (χ3v) is 8.75. The monoisotopic (exact) mass is 665 g/mol. The van der Waals surface area contributed by atoms with Crippen LogP contribution in [0.5, 0.6) is 11.5 Å². The number of benzene rings is 3. The zero-order chi connectivity index (χ0) is 34.7. The average molecular weight is 666 g/mol. The number of hydrogen-bond donors (Lipinski definition) is 7. The summed E-state index contributed by atoms with van der Waals surface area (Å²) in [5.41, 5.74) is 3.57.